The summed E-state index contributed by atoms with van der Waals surface area (Å²) < 4.78 is 4.27. The molecule has 0 heterocycles. The molecule has 6 nitrogen and oxygen atoms in total. The van der Waals surface area contributed by atoms with Gasteiger partial charge in [0, 0.05) is 22.9 Å². The van der Waals surface area contributed by atoms with E-state index in [2.05, 4.69) is 10.1 Å². The topological polar surface area (TPSA) is 92.7 Å². The van der Waals surface area contributed by atoms with Crippen LogP contribution in [0.4, 0.5) is 5.69 Å². The van der Waals surface area contributed by atoms with Crippen LogP contribution in [0, 0.1) is 0 Å². The zero-order chi connectivity index (χ0) is 17.5. The molecule has 0 bridgehead atoms. The van der Waals surface area contributed by atoms with E-state index in [-0.39, 0.29) is 11.5 Å². The Morgan fingerprint density at radius 1 is 1.00 bits per heavy atom. The number of anilines is 1. The molecule has 2 aromatic rings. The smallest absolute Gasteiger partial charge is 0.378 e. The SMILES string of the molecule is COC(=O)C(=O)/C=C(\O)c1cccc(NC(=O)c2ccccc2)c1. The molecule has 0 aliphatic heterocycles. The van der Waals surface area contributed by atoms with Crippen LogP contribution >= 0.6 is 0 Å². The van der Waals surface area contributed by atoms with Crippen LogP contribution in [0.5, 0.6) is 0 Å². The number of ether oxygens (including phenoxy) is 1. The number of rotatable bonds is 5. The molecule has 2 N–H and O–H groups in total. The largest absolute Gasteiger partial charge is 0.507 e. The van der Waals surface area contributed by atoms with Crippen molar-refractivity contribution in [3.8, 4) is 0 Å². The Hall–Kier alpha value is -3.41. The minimum Gasteiger partial charge on any atom is -0.507 e. The minimum absolute atomic E-state index is 0.276. The predicted octanol–water partition coefficient (Wildman–Crippen LogP) is 2.58. The Bertz CT molecular complexity index is 796. The quantitative estimate of drug-likeness (QED) is 0.381. The fourth-order valence-electron chi connectivity index (χ4n) is 1.92. The Balaban J connectivity index is 2.17. The first-order chi connectivity index (χ1) is 11.5. The highest BCUT2D eigenvalue weighted by Crippen LogP contribution is 2.17. The molecule has 2 rings (SSSR count). The molecule has 0 radical (unpaired) electrons. The second-order valence-electron chi connectivity index (χ2n) is 4.79. The molecule has 0 aromatic heterocycles. The van der Waals surface area contributed by atoms with Gasteiger partial charge in [-0.05, 0) is 24.3 Å². The molecule has 0 spiro atoms. The highest BCUT2D eigenvalue weighted by atomic mass is 16.5. The van der Waals surface area contributed by atoms with Gasteiger partial charge in [0.25, 0.3) is 11.7 Å². The van der Waals surface area contributed by atoms with E-state index in [4.69, 9.17) is 0 Å². The molecule has 0 atom stereocenters. The average molecular weight is 325 g/mol. The van der Waals surface area contributed by atoms with Gasteiger partial charge in [-0.15, -0.1) is 0 Å². The van der Waals surface area contributed by atoms with Crippen LogP contribution in [-0.2, 0) is 14.3 Å². The molecule has 0 fully saturated rings. The first-order valence-corrected chi connectivity index (χ1v) is 7.01. The van der Waals surface area contributed by atoms with Crippen molar-refractivity contribution in [2.75, 3.05) is 12.4 Å². The lowest BCUT2D eigenvalue weighted by molar-refractivity contribution is -0.149. The van der Waals surface area contributed by atoms with Crippen molar-refractivity contribution in [1.29, 1.82) is 0 Å². The van der Waals surface area contributed by atoms with E-state index in [1.165, 1.54) is 12.1 Å². The molecule has 6 heteroatoms. The van der Waals surface area contributed by atoms with Gasteiger partial charge < -0.3 is 15.2 Å². The molecular weight excluding hydrogens is 310 g/mol. The van der Waals surface area contributed by atoms with Gasteiger partial charge >= 0.3 is 5.97 Å². The second kappa shape index (κ2) is 7.73. The molecule has 0 unspecified atom stereocenters. The summed E-state index contributed by atoms with van der Waals surface area (Å²) in [5.41, 5.74) is 1.20. The van der Waals surface area contributed by atoms with Crippen LogP contribution in [0.15, 0.2) is 60.7 Å². The third-order valence-electron chi connectivity index (χ3n) is 3.11. The van der Waals surface area contributed by atoms with E-state index >= 15 is 0 Å². The number of esters is 1. The van der Waals surface area contributed by atoms with Gasteiger partial charge in [0.1, 0.15) is 5.76 Å². The van der Waals surface area contributed by atoms with Gasteiger partial charge in [-0.3, -0.25) is 9.59 Å². The maximum Gasteiger partial charge on any atom is 0.378 e. The Labute approximate surface area is 138 Å². The van der Waals surface area contributed by atoms with E-state index < -0.39 is 17.5 Å². The summed E-state index contributed by atoms with van der Waals surface area (Å²) in [6.45, 7) is 0. The van der Waals surface area contributed by atoms with Crippen molar-refractivity contribution < 1.29 is 24.2 Å². The van der Waals surface area contributed by atoms with Crippen LogP contribution in [0.1, 0.15) is 15.9 Å². The summed E-state index contributed by atoms with van der Waals surface area (Å²) in [5, 5.41) is 12.6. The molecular formula is C18H15NO5. The summed E-state index contributed by atoms with van der Waals surface area (Å²) in [4.78, 5) is 34.6. The van der Waals surface area contributed by atoms with Crippen molar-refractivity contribution >= 4 is 29.1 Å². The molecule has 0 aliphatic carbocycles. The van der Waals surface area contributed by atoms with Crippen molar-refractivity contribution in [3.63, 3.8) is 0 Å². The fourth-order valence-corrected chi connectivity index (χ4v) is 1.92. The van der Waals surface area contributed by atoms with Gasteiger partial charge in [0.05, 0.1) is 7.11 Å². The first-order valence-electron chi connectivity index (χ1n) is 7.01. The number of nitrogens with one attached hydrogen (secondary N) is 1. The summed E-state index contributed by atoms with van der Waals surface area (Å²) in [6.07, 6.45) is 0.768. The van der Waals surface area contributed by atoms with Crippen LogP contribution < -0.4 is 5.32 Å². The van der Waals surface area contributed by atoms with Crippen LogP contribution in [0.25, 0.3) is 5.76 Å². The standard InChI is InChI=1S/C18H15NO5/c1-24-18(23)16(21)11-15(20)13-8-5-9-14(10-13)19-17(22)12-6-3-2-4-7-12/h2-11,20H,1H3,(H,19,22)/b15-11-. The lowest BCUT2D eigenvalue weighted by Crippen LogP contribution is -2.13. The van der Waals surface area contributed by atoms with Crippen molar-refractivity contribution in [3.05, 3.63) is 71.8 Å². The summed E-state index contributed by atoms with van der Waals surface area (Å²) in [5.74, 6) is -2.76. The van der Waals surface area contributed by atoms with Crippen LogP contribution in [0.3, 0.4) is 0 Å². The lowest BCUT2D eigenvalue weighted by atomic mass is 10.1. The number of hydrogen-bond donors (Lipinski definition) is 2. The number of aliphatic hydroxyl groups is 1. The highest BCUT2D eigenvalue weighted by Gasteiger charge is 2.13. The molecule has 0 saturated heterocycles. The van der Waals surface area contributed by atoms with E-state index in [0.29, 0.717) is 11.3 Å². The van der Waals surface area contributed by atoms with Crippen molar-refractivity contribution in [1.82, 2.24) is 0 Å². The van der Waals surface area contributed by atoms with Crippen LogP contribution in [0.2, 0.25) is 0 Å². The summed E-state index contributed by atoms with van der Waals surface area (Å²) in [6, 6.07) is 14.9. The van der Waals surface area contributed by atoms with Crippen molar-refractivity contribution in [2.45, 2.75) is 0 Å². The average Bonchev–Trinajstić information content (AvgIpc) is 2.61. The highest BCUT2D eigenvalue weighted by molar-refractivity contribution is 6.39. The number of benzene rings is 2. The summed E-state index contributed by atoms with van der Waals surface area (Å²) >= 11 is 0. The second-order valence-corrected chi connectivity index (χ2v) is 4.79. The van der Waals surface area contributed by atoms with Gasteiger partial charge in [-0.2, -0.15) is 0 Å². The molecule has 2 aromatic carbocycles. The Morgan fingerprint density at radius 3 is 2.33 bits per heavy atom. The number of carbonyl (C=O) groups excluding carboxylic acids is 3. The lowest BCUT2D eigenvalue weighted by Gasteiger charge is -2.07. The van der Waals surface area contributed by atoms with Gasteiger partial charge in [0.2, 0.25) is 0 Å². The van der Waals surface area contributed by atoms with Gasteiger partial charge in [-0.25, -0.2) is 4.79 Å². The first kappa shape index (κ1) is 17.0. The van der Waals surface area contributed by atoms with Crippen LogP contribution in [-0.4, -0.2) is 29.9 Å². The van der Waals surface area contributed by atoms with Crippen molar-refractivity contribution in [2.24, 2.45) is 0 Å². The minimum atomic E-state index is -1.07. The number of methoxy groups -OCH3 is 1. The number of hydrogen-bond acceptors (Lipinski definition) is 5. The van der Waals surface area contributed by atoms with Gasteiger partial charge in [0.15, 0.2) is 0 Å². The maximum absolute atomic E-state index is 12.1. The third kappa shape index (κ3) is 4.30. The predicted molar refractivity (Wildman–Crippen MR) is 88.5 cm³/mol. The monoisotopic (exact) mass is 325 g/mol. The van der Waals surface area contributed by atoms with E-state index in [1.807, 2.05) is 0 Å². The maximum atomic E-state index is 12.1. The zero-order valence-electron chi connectivity index (χ0n) is 12.9. The molecule has 24 heavy (non-hydrogen) atoms. The normalized spacial score (nSPS) is 10.8. The Kier molecular flexibility index (Phi) is 5.46. The molecule has 1 amide bonds. The number of carbonyl (C=O) groups is 3. The molecule has 122 valence electrons. The molecule has 0 saturated carbocycles. The fraction of sp³-hybridized carbons (Fsp3) is 0.0556. The van der Waals surface area contributed by atoms with E-state index in [1.54, 1.807) is 42.5 Å². The summed E-state index contributed by atoms with van der Waals surface area (Å²) in [7, 11) is 1.07. The number of aliphatic hydroxyl groups excluding tert-OH is 1. The van der Waals surface area contributed by atoms with E-state index in [0.717, 1.165) is 13.2 Å². The van der Waals surface area contributed by atoms with Gasteiger partial charge in [-0.1, -0.05) is 30.3 Å². The zero-order valence-corrected chi connectivity index (χ0v) is 12.9. The third-order valence-corrected chi connectivity index (χ3v) is 3.11. The number of amides is 1. The molecule has 0 aliphatic rings. The Morgan fingerprint density at radius 2 is 1.67 bits per heavy atom. The number of ketones is 1. The van der Waals surface area contributed by atoms with E-state index in [9.17, 15) is 19.5 Å².